The molecular formula is C19H26FN3O2. The average molecular weight is 347 g/mol. The number of likely N-dealkylation sites (tertiary alicyclic amines) is 2. The number of carbonyl (C=O) groups is 2. The molecule has 5 nitrogen and oxygen atoms in total. The maximum absolute atomic E-state index is 13.2. The minimum absolute atomic E-state index is 0.193. The molecule has 25 heavy (non-hydrogen) atoms. The molecule has 2 fully saturated rings. The Morgan fingerprint density at radius 1 is 1.12 bits per heavy atom. The highest BCUT2D eigenvalue weighted by molar-refractivity contribution is 5.89. The molecule has 1 atom stereocenters. The van der Waals surface area contributed by atoms with Crippen LogP contribution in [0.2, 0.25) is 0 Å². The number of halogens is 1. The van der Waals surface area contributed by atoms with Crippen LogP contribution < -0.4 is 5.32 Å². The Morgan fingerprint density at radius 3 is 2.64 bits per heavy atom. The van der Waals surface area contributed by atoms with E-state index in [1.54, 1.807) is 17.0 Å². The first-order chi connectivity index (χ1) is 12.1. The molecule has 0 aliphatic carbocycles. The number of rotatable bonds is 4. The molecule has 1 N–H and O–H groups in total. The van der Waals surface area contributed by atoms with Gasteiger partial charge in [-0.2, -0.15) is 0 Å². The van der Waals surface area contributed by atoms with E-state index in [4.69, 9.17) is 0 Å². The predicted molar refractivity (Wildman–Crippen MR) is 94.8 cm³/mol. The maximum atomic E-state index is 13.2. The molecule has 0 aromatic heterocycles. The van der Waals surface area contributed by atoms with Gasteiger partial charge in [-0.15, -0.1) is 0 Å². The fraction of sp³-hybridized carbons (Fsp3) is 0.579. The second-order valence-electron chi connectivity index (χ2n) is 7.02. The number of nitrogens with zero attached hydrogens (tertiary/aromatic N) is 2. The highest BCUT2D eigenvalue weighted by Crippen LogP contribution is 2.23. The van der Waals surface area contributed by atoms with Crippen LogP contribution in [0.25, 0.3) is 0 Å². The molecule has 3 rings (SSSR count). The zero-order valence-corrected chi connectivity index (χ0v) is 14.5. The largest absolute Gasteiger partial charge is 0.343 e. The molecule has 0 saturated carbocycles. The van der Waals surface area contributed by atoms with E-state index in [9.17, 15) is 14.0 Å². The van der Waals surface area contributed by atoms with E-state index in [1.807, 2.05) is 4.90 Å². The highest BCUT2D eigenvalue weighted by Gasteiger charge is 2.25. The summed E-state index contributed by atoms with van der Waals surface area (Å²) in [6.07, 6.45) is 5.63. The Kier molecular flexibility index (Phi) is 5.89. The van der Waals surface area contributed by atoms with Crippen molar-refractivity contribution in [3.05, 3.63) is 30.1 Å². The molecule has 0 unspecified atom stereocenters. The summed E-state index contributed by atoms with van der Waals surface area (Å²) in [7, 11) is 0. The molecule has 1 aromatic carbocycles. The summed E-state index contributed by atoms with van der Waals surface area (Å²) in [5, 5.41) is 2.75. The Bertz CT molecular complexity index is 616. The summed E-state index contributed by atoms with van der Waals surface area (Å²) >= 11 is 0. The normalized spacial score (nSPS) is 20.6. The van der Waals surface area contributed by atoms with Gasteiger partial charge in [0.1, 0.15) is 5.82 Å². The van der Waals surface area contributed by atoms with E-state index in [-0.39, 0.29) is 17.8 Å². The quantitative estimate of drug-likeness (QED) is 0.907. The van der Waals surface area contributed by atoms with Crippen LogP contribution in [0.4, 0.5) is 14.9 Å². The van der Waals surface area contributed by atoms with Crippen molar-refractivity contribution in [3.63, 3.8) is 0 Å². The van der Waals surface area contributed by atoms with Gasteiger partial charge in [-0.3, -0.25) is 4.79 Å². The lowest BCUT2D eigenvalue weighted by Gasteiger charge is -2.33. The van der Waals surface area contributed by atoms with Crippen LogP contribution in [0.5, 0.6) is 0 Å². The lowest BCUT2D eigenvalue weighted by Crippen LogP contribution is -2.42. The molecule has 2 aliphatic rings. The second kappa shape index (κ2) is 8.32. The summed E-state index contributed by atoms with van der Waals surface area (Å²) in [5.41, 5.74) is 0.469. The van der Waals surface area contributed by atoms with Crippen molar-refractivity contribution in [1.82, 2.24) is 9.80 Å². The Morgan fingerprint density at radius 2 is 1.88 bits per heavy atom. The maximum Gasteiger partial charge on any atom is 0.321 e. The van der Waals surface area contributed by atoms with E-state index in [1.165, 1.54) is 12.1 Å². The minimum Gasteiger partial charge on any atom is -0.343 e. The monoisotopic (exact) mass is 347 g/mol. The Balaban J connectivity index is 1.47. The number of nitrogens with one attached hydrogen (secondary N) is 1. The first-order valence-corrected chi connectivity index (χ1v) is 9.21. The van der Waals surface area contributed by atoms with Gasteiger partial charge < -0.3 is 15.1 Å². The van der Waals surface area contributed by atoms with E-state index in [0.29, 0.717) is 31.1 Å². The van der Waals surface area contributed by atoms with Crippen LogP contribution in [0, 0.1) is 11.7 Å². The SMILES string of the molecule is O=C(CC[C@@H]1CCCN(C(=O)Nc2cccc(F)c2)C1)N1CCCC1. The number of hydrogen-bond donors (Lipinski definition) is 1. The molecular weight excluding hydrogens is 321 g/mol. The van der Waals surface area contributed by atoms with Crippen LogP contribution in [0.1, 0.15) is 38.5 Å². The number of amides is 3. The van der Waals surface area contributed by atoms with Gasteiger partial charge in [0, 0.05) is 38.3 Å². The highest BCUT2D eigenvalue weighted by atomic mass is 19.1. The summed E-state index contributed by atoms with van der Waals surface area (Å²) < 4.78 is 13.2. The molecule has 2 saturated heterocycles. The van der Waals surface area contributed by atoms with Gasteiger partial charge in [-0.25, -0.2) is 9.18 Å². The van der Waals surface area contributed by atoms with Crippen LogP contribution in [-0.4, -0.2) is 47.9 Å². The number of hydrogen-bond acceptors (Lipinski definition) is 2. The summed E-state index contributed by atoms with van der Waals surface area (Å²) in [6, 6.07) is 5.73. The third-order valence-electron chi connectivity index (χ3n) is 5.11. The number of benzene rings is 1. The lowest BCUT2D eigenvalue weighted by molar-refractivity contribution is -0.130. The van der Waals surface area contributed by atoms with Gasteiger partial charge in [-0.05, 0) is 56.2 Å². The van der Waals surface area contributed by atoms with Gasteiger partial charge in [0.25, 0.3) is 0 Å². The third-order valence-corrected chi connectivity index (χ3v) is 5.11. The lowest BCUT2D eigenvalue weighted by atomic mass is 9.93. The molecule has 0 bridgehead atoms. The van der Waals surface area contributed by atoms with Gasteiger partial charge in [0.2, 0.25) is 5.91 Å². The van der Waals surface area contributed by atoms with E-state index >= 15 is 0 Å². The van der Waals surface area contributed by atoms with Gasteiger partial charge in [0.15, 0.2) is 0 Å². The fourth-order valence-electron chi connectivity index (χ4n) is 3.71. The van der Waals surface area contributed by atoms with Crippen molar-refractivity contribution in [2.45, 2.75) is 38.5 Å². The molecule has 0 radical (unpaired) electrons. The van der Waals surface area contributed by atoms with Crippen molar-refractivity contribution in [1.29, 1.82) is 0 Å². The molecule has 2 heterocycles. The number of piperidine rings is 1. The predicted octanol–water partition coefficient (Wildman–Crippen LogP) is 3.47. The summed E-state index contributed by atoms with van der Waals surface area (Å²) in [5.74, 6) is 0.243. The van der Waals surface area contributed by atoms with Crippen molar-refractivity contribution in [2.75, 3.05) is 31.5 Å². The van der Waals surface area contributed by atoms with E-state index < -0.39 is 0 Å². The van der Waals surface area contributed by atoms with Gasteiger partial charge in [-0.1, -0.05) is 6.07 Å². The number of urea groups is 1. The van der Waals surface area contributed by atoms with Gasteiger partial charge >= 0.3 is 6.03 Å². The smallest absolute Gasteiger partial charge is 0.321 e. The topological polar surface area (TPSA) is 52.7 Å². The second-order valence-corrected chi connectivity index (χ2v) is 7.02. The molecule has 136 valence electrons. The summed E-state index contributed by atoms with van der Waals surface area (Å²) in [6.45, 7) is 3.16. The Labute approximate surface area is 148 Å². The first kappa shape index (κ1) is 17.7. The van der Waals surface area contributed by atoms with Crippen molar-refractivity contribution in [3.8, 4) is 0 Å². The standard InChI is InChI=1S/C19H26FN3O2/c20-16-6-3-7-17(13-16)21-19(25)23-12-4-5-15(14-23)8-9-18(24)22-10-1-2-11-22/h3,6-7,13,15H,1-2,4-5,8-12,14H2,(H,21,25)/t15-/m0/s1. The zero-order valence-electron chi connectivity index (χ0n) is 14.5. The molecule has 0 spiro atoms. The van der Waals surface area contributed by atoms with Crippen molar-refractivity contribution < 1.29 is 14.0 Å². The van der Waals surface area contributed by atoms with Gasteiger partial charge in [0.05, 0.1) is 0 Å². The molecule has 1 aromatic rings. The van der Waals surface area contributed by atoms with E-state index in [0.717, 1.165) is 45.2 Å². The van der Waals surface area contributed by atoms with Crippen LogP contribution in [0.15, 0.2) is 24.3 Å². The summed E-state index contributed by atoms with van der Waals surface area (Å²) in [4.78, 5) is 28.3. The fourth-order valence-corrected chi connectivity index (χ4v) is 3.71. The average Bonchev–Trinajstić information content (AvgIpc) is 3.15. The van der Waals surface area contributed by atoms with Crippen molar-refractivity contribution >= 4 is 17.6 Å². The van der Waals surface area contributed by atoms with Crippen LogP contribution in [-0.2, 0) is 4.79 Å². The third kappa shape index (κ3) is 4.94. The molecule has 3 amide bonds. The first-order valence-electron chi connectivity index (χ1n) is 9.21. The molecule has 6 heteroatoms. The zero-order chi connectivity index (χ0) is 17.6. The van der Waals surface area contributed by atoms with Crippen LogP contribution in [0.3, 0.4) is 0 Å². The van der Waals surface area contributed by atoms with Crippen LogP contribution >= 0.6 is 0 Å². The minimum atomic E-state index is -0.366. The van der Waals surface area contributed by atoms with Crippen molar-refractivity contribution in [2.24, 2.45) is 5.92 Å². The number of carbonyl (C=O) groups excluding carboxylic acids is 2. The Hall–Kier alpha value is -2.11. The number of anilines is 1. The van der Waals surface area contributed by atoms with E-state index in [2.05, 4.69) is 5.32 Å². The molecule has 2 aliphatic heterocycles.